The van der Waals surface area contributed by atoms with Gasteiger partial charge in [-0.2, -0.15) is 9.61 Å². The molecule has 4 rings (SSSR count). The summed E-state index contributed by atoms with van der Waals surface area (Å²) in [4.78, 5) is 25.8. The average Bonchev–Trinajstić information content (AvgIpc) is 3.17. The Kier molecular flexibility index (Phi) is 4.36. The van der Waals surface area contributed by atoms with Gasteiger partial charge in [-0.05, 0) is 18.3 Å². The van der Waals surface area contributed by atoms with E-state index in [0.29, 0.717) is 23.8 Å². The van der Waals surface area contributed by atoms with Crippen LogP contribution in [0.2, 0.25) is 0 Å². The van der Waals surface area contributed by atoms with Gasteiger partial charge >= 0.3 is 0 Å². The minimum Gasteiger partial charge on any atom is -0.492 e. The first-order chi connectivity index (χ1) is 13.6. The number of amides is 1. The molecular formula is C19H25N7O3. The second-order valence-electron chi connectivity index (χ2n) is 8.70. The highest BCUT2D eigenvalue weighted by Crippen LogP contribution is 2.25. The standard InChI is InChI=1S/C19H25N7O3/c1-19(2,3)10-25-14-9-13(21-12-7-8-24(4)22-12)23-26(14)18(29)15(17(25)28)16(27)20-11-5-6-11/h7-9,11,29H,5-6,10H2,1-4H3,(H,20,27)(H,21,22,23). The molecular weight excluding hydrogens is 374 g/mol. The van der Waals surface area contributed by atoms with Crippen molar-refractivity contribution in [3.8, 4) is 5.88 Å². The van der Waals surface area contributed by atoms with Crippen molar-refractivity contribution < 1.29 is 9.90 Å². The molecule has 0 aromatic carbocycles. The first-order valence-corrected chi connectivity index (χ1v) is 9.55. The molecule has 0 unspecified atom stereocenters. The zero-order valence-electron chi connectivity index (χ0n) is 16.9. The Bertz CT molecular complexity index is 1150. The number of carbonyl (C=O) groups excluding carboxylic acids is 1. The minimum atomic E-state index is -0.575. The lowest BCUT2D eigenvalue weighted by molar-refractivity contribution is 0.0944. The molecule has 29 heavy (non-hydrogen) atoms. The predicted octanol–water partition coefficient (Wildman–Crippen LogP) is 1.62. The van der Waals surface area contributed by atoms with E-state index in [1.54, 1.807) is 30.1 Å². The van der Waals surface area contributed by atoms with Gasteiger partial charge in [-0.3, -0.25) is 18.8 Å². The molecule has 1 saturated carbocycles. The Balaban J connectivity index is 1.85. The predicted molar refractivity (Wildman–Crippen MR) is 108 cm³/mol. The van der Waals surface area contributed by atoms with E-state index in [1.807, 2.05) is 20.8 Å². The largest absolute Gasteiger partial charge is 0.492 e. The molecule has 0 bridgehead atoms. The topological polar surface area (TPSA) is 118 Å². The minimum absolute atomic E-state index is 0.0621. The summed E-state index contributed by atoms with van der Waals surface area (Å²) in [5.41, 5.74) is -0.665. The number of anilines is 2. The molecule has 1 aliphatic rings. The Hall–Kier alpha value is -3.30. The van der Waals surface area contributed by atoms with Gasteiger partial charge in [0.15, 0.2) is 17.2 Å². The van der Waals surface area contributed by atoms with Crippen LogP contribution in [0.25, 0.3) is 5.65 Å². The third-order valence-electron chi connectivity index (χ3n) is 4.59. The molecule has 3 N–H and O–H groups in total. The van der Waals surface area contributed by atoms with Gasteiger partial charge in [0.05, 0.1) is 0 Å². The summed E-state index contributed by atoms with van der Waals surface area (Å²) >= 11 is 0. The second kappa shape index (κ2) is 6.64. The van der Waals surface area contributed by atoms with E-state index in [-0.39, 0.29) is 17.0 Å². The Morgan fingerprint density at radius 3 is 2.59 bits per heavy atom. The molecule has 0 aliphatic heterocycles. The summed E-state index contributed by atoms with van der Waals surface area (Å²) in [5, 5.41) is 25.1. The van der Waals surface area contributed by atoms with Crippen molar-refractivity contribution in [2.45, 2.75) is 46.2 Å². The molecule has 0 radical (unpaired) electrons. The van der Waals surface area contributed by atoms with Crippen LogP contribution in [0.15, 0.2) is 23.1 Å². The zero-order chi connectivity index (χ0) is 20.9. The fraction of sp³-hybridized carbons (Fsp3) is 0.474. The lowest BCUT2D eigenvalue weighted by atomic mass is 9.97. The van der Waals surface area contributed by atoms with Crippen LogP contribution in [0.1, 0.15) is 44.0 Å². The zero-order valence-corrected chi connectivity index (χ0v) is 16.9. The van der Waals surface area contributed by atoms with Crippen molar-refractivity contribution in [1.29, 1.82) is 0 Å². The lowest BCUT2D eigenvalue weighted by Crippen LogP contribution is -2.37. The number of hydrogen-bond acceptors (Lipinski definition) is 6. The Morgan fingerprint density at radius 2 is 2.00 bits per heavy atom. The maximum absolute atomic E-state index is 13.2. The van der Waals surface area contributed by atoms with Gasteiger partial charge in [0.25, 0.3) is 11.5 Å². The Morgan fingerprint density at radius 1 is 1.28 bits per heavy atom. The molecule has 3 aromatic rings. The van der Waals surface area contributed by atoms with Gasteiger partial charge in [0, 0.05) is 38.0 Å². The van der Waals surface area contributed by atoms with E-state index in [9.17, 15) is 14.7 Å². The molecule has 3 heterocycles. The smallest absolute Gasteiger partial charge is 0.270 e. The molecule has 1 fully saturated rings. The lowest BCUT2D eigenvalue weighted by Gasteiger charge is -2.21. The number of nitrogens with one attached hydrogen (secondary N) is 2. The fourth-order valence-electron chi connectivity index (χ4n) is 3.15. The van der Waals surface area contributed by atoms with E-state index < -0.39 is 17.3 Å². The van der Waals surface area contributed by atoms with Gasteiger partial charge in [0.2, 0.25) is 5.88 Å². The van der Waals surface area contributed by atoms with Crippen molar-refractivity contribution >= 4 is 23.2 Å². The number of aromatic nitrogens is 5. The van der Waals surface area contributed by atoms with E-state index in [4.69, 9.17) is 0 Å². The quantitative estimate of drug-likeness (QED) is 0.600. The normalized spacial score (nSPS) is 14.3. The summed E-state index contributed by atoms with van der Waals surface area (Å²) in [7, 11) is 1.80. The number of fused-ring (bicyclic) bond motifs is 1. The van der Waals surface area contributed by atoms with Crippen LogP contribution in [0.4, 0.5) is 11.6 Å². The van der Waals surface area contributed by atoms with Crippen LogP contribution in [-0.2, 0) is 13.6 Å². The van der Waals surface area contributed by atoms with E-state index >= 15 is 0 Å². The van der Waals surface area contributed by atoms with Crippen molar-refractivity contribution in [2.75, 3.05) is 5.32 Å². The number of hydrogen-bond donors (Lipinski definition) is 3. The highest BCUT2D eigenvalue weighted by Gasteiger charge is 2.30. The third-order valence-corrected chi connectivity index (χ3v) is 4.59. The van der Waals surface area contributed by atoms with Crippen LogP contribution in [0.3, 0.4) is 0 Å². The van der Waals surface area contributed by atoms with Gasteiger partial charge in [0.1, 0.15) is 5.65 Å². The van der Waals surface area contributed by atoms with Gasteiger partial charge in [-0.25, -0.2) is 0 Å². The maximum Gasteiger partial charge on any atom is 0.270 e. The van der Waals surface area contributed by atoms with E-state index in [0.717, 1.165) is 12.8 Å². The van der Waals surface area contributed by atoms with Crippen molar-refractivity contribution in [3.63, 3.8) is 0 Å². The number of nitrogens with zero attached hydrogens (tertiary/aromatic N) is 5. The number of carbonyl (C=O) groups is 1. The summed E-state index contributed by atoms with van der Waals surface area (Å²) < 4.78 is 4.35. The fourth-order valence-corrected chi connectivity index (χ4v) is 3.15. The van der Waals surface area contributed by atoms with Crippen LogP contribution in [0.5, 0.6) is 5.88 Å². The molecule has 0 atom stereocenters. The van der Waals surface area contributed by atoms with Crippen LogP contribution < -0.4 is 16.2 Å². The summed E-state index contributed by atoms with van der Waals surface area (Å²) in [5.74, 6) is -0.0655. The van der Waals surface area contributed by atoms with Crippen molar-refractivity contribution in [3.05, 3.63) is 34.2 Å². The maximum atomic E-state index is 13.2. The monoisotopic (exact) mass is 399 g/mol. The molecule has 1 amide bonds. The van der Waals surface area contributed by atoms with Crippen LogP contribution in [-0.4, -0.2) is 41.0 Å². The van der Waals surface area contributed by atoms with E-state index in [2.05, 4.69) is 20.8 Å². The highest BCUT2D eigenvalue weighted by molar-refractivity contribution is 5.96. The van der Waals surface area contributed by atoms with Gasteiger partial charge in [-0.1, -0.05) is 20.8 Å². The summed E-state index contributed by atoms with van der Waals surface area (Å²) in [6.07, 6.45) is 3.54. The molecule has 3 aromatic heterocycles. The summed E-state index contributed by atoms with van der Waals surface area (Å²) in [6, 6.07) is 3.50. The Labute approximate surface area is 167 Å². The first-order valence-electron chi connectivity index (χ1n) is 9.55. The molecule has 154 valence electrons. The summed E-state index contributed by atoms with van der Waals surface area (Å²) in [6.45, 7) is 6.34. The van der Waals surface area contributed by atoms with Crippen LogP contribution >= 0.6 is 0 Å². The first kappa shape index (κ1) is 19.0. The third kappa shape index (κ3) is 3.82. The highest BCUT2D eigenvalue weighted by atomic mass is 16.3. The molecule has 1 aliphatic carbocycles. The van der Waals surface area contributed by atoms with Crippen molar-refractivity contribution in [1.82, 2.24) is 29.3 Å². The molecule has 0 spiro atoms. The number of rotatable bonds is 5. The van der Waals surface area contributed by atoms with Gasteiger partial charge in [-0.15, -0.1) is 5.10 Å². The molecule has 0 saturated heterocycles. The molecule has 10 heteroatoms. The van der Waals surface area contributed by atoms with Crippen molar-refractivity contribution in [2.24, 2.45) is 12.5 Å². The SMILES string of the molecule is Cn1ccc(Nc2cc3n(CC(C)(C)C)c(=O)c(C(=O)NC4CC4)c(O)n3n2)n1. The second-order valence-corrected chi connectivity index (χ2v) is 8.70. The average molecular weight is 399 g/mol. The van der Waals surface area contributed by atoms with E-state index in [1.165, 1.54) is 9.08 Å². The number of aromatic hydroxyl groups is 1. The number of aryl methyl sites for hydroxylation is 1. The van der Waals surface area contributed by atoms with Gasteiger partial charge < -0.3 is 15.7 Å². The molecule has 10 nitrogen and oxygen atoms in total. The van der Waals surface area contributed by atoms with Crippen LogP contribution in [0, 0.1) is 5.41 Å².